The molecule has 1 fully saturated rings. The third kappa shape index (κ3) is 5.77. The highest BCUT2D eigenvalue weighted by molar-refractivity contribution is 6.02. The summed E-state index contributed by atoms with van der Waals surface area (Å²) in [6.45, 7) is 5.35. The molecule has 2 aromatic carbocycles. The fourth-order valence-corrected chi connectivity index (χ4v) is 5.00. The Kier molecular flexibility index (Phi) is 8.72. The molecule has 9 heteroatoms. The van der Waals surface area contributed by atoms with E-state index in [1.807, 2.05) is 37.4 Å². The van der Waals surface area contributed by atoms with Crippen LogP contribution >= 0.6 is 0 Å². The molecule has 0 bridgehead atoms. The van der Waals surface area contributed by atoms with Crippen LogP contribution in [0.2, 0.25) is 0 Å². The number of rotatable bonds is 8. The Morgan fingerprint density at radius 2 is 1.98 bits per heavy atom. The SMILES string of the molecule is C#C.C=CC(=O)Nc1cc(Nc2nccc(-c3cn(C)c4ccccc34)n2)c(OC)cc1N1CC[C@H](N(C)C)C1. The van der Waals surface area contributed by atoms with E-state index in [0.29, 0.717) is 29.1 Å². The summed E-state index contributed by atoms with van der Waals surface area (Å²) in [5.74, 6) is 0.778. The van der Waals surface area contributed by atoms with Crippen LogP contribution in [0.5, 0.6) is 5.75 Å². The fourth-order valence-electron chi connectivity index (χ4n) is 5.00. The minimum atomic E-state index is -0.278. The smallest absolute Gasteiger partial charge is 0.247 e. The number of aryl methyl sites for hydroxylation is 1. The number of fused-ring (bicyclic) bond motifs is 1. The van der Waals surface area contributed by atoms with Gasteiger partial charge in [0.1, 0.15) is 5.75 Å². The van der Waals surface area contributed by atoms with Crippen molar-refractivity contribution in [1.82, 2.24) is 19.4 Å². The molecular weight excluding hydrogens is 502 g/mol. The zero-order chi connectivity index (χ0) is 28.8. The van der Waals surface area contributed by atoms with E-state index >= 15 is 0 Å². The number of nitrogens with one attached hydrogen (secondary N) is 2. The zero-order valence-electron chi connectivity index (χ0n) is 23.4. The van der Waals surface area contributed by atoms with Gasteiger partial charge in [-0.15, -0.1) is 12.8 Å². The Hall–Kier alpha value is -4.81. The van der Waals surface area contributed by atoms with E-state index in [-0.39, 0.29) is 5.91 Å². The molecule has 0 spiro atoms. The lowest BCUT2D eigenvalue weighted by Crippen LogP contribution is -2.31. The second-order valence-electron chi connectivity index (χ2n) is 9.68. The Bertz CT molecular complexity index is 1540. The van der Waals surface area contributed by atoms with Gasteiger partial charge in [-0.2, -0.15) is 0 Å². The highest BCUT2D eigenvalue weighted by Crippen LogP contribution is 2.40. The van der Waals surface area contributed by atoms with Crippen molar-refractivity contribution in [3.8, 4) is 29.9 Å². The number of amides is 1. The summed E-state index contributed by atoms with van der Waals surface area (Å²) in [7, 11) is 7.84. The standard InChI is InChI=1S/C29H33N7O2.C2H2/c1-6-28(37)31-23-15-24(27(38-5)16-26(23)36-14-12-19(17-36)34(2)3)33-29-30-13-11-22(32-29)21-18-35(4)25-10-8-7-9-20(21)25;1-2/h6-11,13,15-16,18-19H,1,12,14,17H2,2-5H3,(H,31,37)(H,30,32,33);1-2H/t19-;/m0./s1. The lowest BCUT2D eigenvalue weighted by Gasteiger charge is -2.25. The molecule has 1 amide bonds. The number of terminal acetylenes is 1. The molecule has 206 valence electrons. The quantitative estimate of drug-likeness (QED) is 0.244. The fraction of sp³-hybridized carbons (Fsp3) is 0.258. The number of benzene rings is 2. The first-order valence-electron chi connectivity index (χ1n) is 12.9. The average Bonchev–Trinajstić information content (AvgIpc) is 3.60. The van der Waals surface area contributed by atoms with E-state index in [2.05, 4.69) is 81.8 Å². The predicted octanol–water partition coefficient (Wildman–Crippen LogP) is 4.90. The van der Waals surface area contributed by atoms with Crippen LogP contribution in [0.1, 0.15) is 6.42 Å². The normalized spacial score (nSPS) is 14.5. The number of aromatic nitrogens is 3. The molecule has 0 aliphatic carbocycles. The van der Waals surface area contributed by atoms with Gasteiger partial charge in [0.05, 0.1) is 29.9 Å². The van der Waals surface area contributed by atoms with E-state index < -0.39 is 0 Å². The highest BCUT2D eigenvalue weighted by Gasteiger charge is 2.27. The third-order valence-electron chi connectivity index (χ3n) is 7.07. The number of carbonyl (C=O) groups is 1. The number of nitrogens with zero attached hydrogens (tertiary/aromatic N) is 5. The average molecular weight is 538 g/mol. The Morgan fingerprint density at radius 1 is 1.20 bits per heavy atom. The first kappa shape index (κ1) is 28.2. The topological polar surface area (TPSA) is 87.5 Å². The summed E-state index contributed by atoms with van der Waals surface area (Å²) < 4.78 is 7.86. The molecular formula is C31H35N7O2. The van der Waals surface area contributed by atoms with Gasteiger partial charge in [-0.1, -0.05) is 24.8 Å². The lowest BCUT2D eigenvalue weighted by atomic mass is 10.1. The number of ether oxygens (including phenoxy) is 1. The van der Waals surface area contributed by atoms with Gasteiger partial charge in [0, 0.05) is 61.1 Å². The number of para-hydroxylation sites is 1. The van der Waals surface area contributed by atoms with Crippen molar-refractivity contribution < 1.29 is 9.53 Å². The first-order chi connectivity index (χ1) is 19.4. The molecule has 40 heavy (non-hydrogen) atoms. The van der Waals surface area contributed by atoms with Gasteiger partial charge in [-0.25, -0.2) is 9.97 Å². The molecule has 1 saturated heterocycles. The summed E-state index contributed by atoms with van der Waals surface area (Å²) >= 11 is 0. The van der Waals surface area contributed by atoms with Crippen molar-refractivity contribution in [1.29, 1.82) is 0 Å². The Labute approximate surface area is 235 Å². The zero-order valence-corrected chi connectivity index (χ0v) is 23.4. The van der Waals surface area contributed by atoms with Crippen LogP contribution in [0.4, 0.5) is 23.0 Å². The molecule has 0 unspecified atom stereocenters. The molecule has 4 aromatic rings. The van der Waals surface area contributed by atoms with Crippen molar-refractivity contribution >= 4 is 39.8 Å². The van der Waals surface area contributed by atoms with Crippen molar-refractivity contribution in [3.63, 3.8) is 0 Å². The summed E-state index contributed by atoms with van der Waals surface area (Å²) in [4.78, 5) is 26.1. The van der Waals surface area contributed by atoms with Crippen molar-refractivity contribution in [3.05, 3.63) is 67.5 Å². The van der Waals surface area contributed by atoms with E-state index in [4.69, 9.17) is 9.72 Å². The van der Waals surface area contributed by atoms with Crippen LogP contribution in [-0.4, -0.2) is 65.7 Å². The number of anilines is 4. The number of carbonyl (C=O) groups excluding carboxylic acids is 1. The lowest BCUT2D eigenvalue weighted by molar-refractivity contribution is -0.111. The monoisotopic (exact) mass is 537 g/mol. The van der Waals surface area contributed by atoms with Gasteiger partial charge in [0.15, 0.2) is 0 Å². The maximum absolute atomic E-state index is 12.3. The van der Waals surface area contributed by atoms with Crippen LogP contribution in [0.15, 0.2) is 67.5 Å². The van der Waals surface area contributed by atoms with Gasteiger partial charge < -0.3 is 29.7 Å². The number of likely N-dealkylation sites (N-methyl/N-ethyl adjacent to an activating group) is 1. The maximum Gasteiger partial charge on any atom is 0.247 e. The van der Waals surface area contributed by atoms with Gasteiger partial charge in [0.25, 0.3) is 0 Å². The van der Waals surface area contributed by atoms with Gasteiger partial charge in [-0.05, 0) is 44.8 Å². The van der Waals surface area contributed by atoms with E-state index in [9.17, 15) is 4.79 Å². The third-order valence-corrected chi connectivity index (χ3v) is 7.07. The first-order valence-corrected chi connectivity index (χ1v) is 12.9. The number of hydrogen-bond acceptors (Lipinski definition) is 7. The van der Waals surface area contributed by atoms with Crippen LogP contribution in [0, 0.1) is 12.8 Å². The predicted molar refractivity (Wildman–Crippen MR) is 163 cm³/mol. The highest BCUT2D eigenvalue weighted by atomic mass is 16.5. The van der Waals surface area contributed by atoms with Crippen molar-refractivity contribution in [2.24, 2.45) is 7.05 Å². The Morgan fingerprint density at radius 3 is 2.67 bits per heavy atom. The summed E-state index contributed by atoms with van der Waals surface area (Å²) in [5.41, 5.74) is 5.18. The van der Waals surface area contributed by atoms with E-state index in [0.717, 1.165) is 47.4 Å². The molecule has 3 heterocycles. The molecule has 2 aromatic heterocycles. The van der Waals surface area contributed by atoms with Crippen LogP contribution in [0.3, 0.4) is 0 Å². The Balaban J connectivity index is 0.00000181. The molecule has 1 aliphatic heterocycles. The molecule has 0 saturated carbocycles. The van der Waals surface area contributed by atoms with E-state index in [1.165, 1.54) is 6.08 Å². The van der Waals surface area contributed by atoms with Gasteiger partial charge >= 0.3 is 0 Å². The molecule has 1 aliphatic rings. The number of methoxy groups -OCH3 is 1. The molecule has 5 rings (SSSR count). The largest absolute Gasteiger partial charge is 0.494 e. The summed E-state index contributed by atoms with van der Waals surface area (Å²) in [6.07, 6.45) is 14.1. The van der Waals surface area contributed by atoms with Gasteiger partial charge in [-0.3, -0.25) is 4.79 Å². The van der Waals surface area contributed by atoms with Crippen molar-refractivity contribution in [2.45, 2.75) is 12.5 Å². The molecule has 0 radical (unpaired) electrons. The summed E-state index contributed by atoms with van der Waals surface area (Å²) in [6, 6.07) is 14.4. The minimum Gasteiger partial charge on any atom is -0.494 e. The van der Waals surface area contributed by atoms with Crippen LogP contribution in [0.25, 0.3) is 22.2 Å². The maximum atomic E-state index is 12.3. The van der Waals surface area contributed by atoms with Crippen LogP contribution in [-0.2, 0) is 11.8 Å². The van der Waals surface area contributed by atoms with Gasteiger partial charge in [0.2, 0.25) is 11.9 Å². The second-order valence-corrected chi connectivity index (χ2v) is 9.68. The molecule has 1 atom stereocenters. The molecule has 2 N–H and O–H groups in total. The molecule has 9 nitrogen and oxygen atoms in total. The van der Waals surface area contributed by atoms with Crippen molar-refractivity contribution in [2.75, 3.05) is 49.8 Å². The summed E-state index contributed by atoms with van der Waals surface area (Å²) in [5, 5.41) is 7.40. The van der Waals surface area contributed by atoms with Crippen LogP contribution < -0.4 is 20.3 Å². The minimum absolute atomic E-state index is 0.278. The van der Waals surface area contributed by atoms with E-state index in [1.54, 1.807) is 13.3 Å². The number of hydrogen-bond donors (Lipinski definition) is 2. The second kappa shape index (κ2) is 12.4.